The summed E-state index contributed by atoms with van der Waals surface area (Å²) in [6, 6.07) is 3.59. The normalized spacial score (nSPS) is 21.7. The average Bonchev–Trinajstić information content (AvgIpc) is 3.20. The zero-order chi connectivity index (χ0) is 13.2. The van der Waals surface area contributed by atoms with Gasteiger partial charge in [0, 0.05) is 39.3 Å². The van der Waals surface area contributed by atoms with Gasteiger partial charge in [0.2, 0.25) is 0 Å². The average molecular weight is 281 g/mol. The van der Waals surface area contributed by atoms with Crippen molar-refractivity contribution in [3.05, 3.63) is 22.8 Å². The Labute approximate surface area is 119 Å². The number of nitrogens with zero attached hydrogens (tertiary/aromatic N) is 3. The number of halogens is 1. The van der Waals surface area contributed by atoms with Crippen LogP contribution in [-0.2, 0) is 6.54 Å². The maximum atomic E-state index is 6.17. The number of aromatic nitrogens is 1. The van der Waals surface area contributed by atoms with Crippen molar-refractivity contribution in [2.75, 3.05) is 38.5 Å². The third kappa shape index (κ3) is 3.59. The van der Waals surface area contributed by atoms with Gasteiger partial charge in [-0.1, -0.05) is 11.6 Å². The fourth-order valence-electron chi connectivity index (χ4n) is 2.62. The van der Waals surface area contributed by atoms with Gasteiger partial charge in [-0.3, -0.25) is 4.90 Å². The van der Waals surface area contributed by atoms with E-state index in [-0.39, 0.29) is 0 Å². The number of nitrogens with two attached hydrogens (primary N) is 1. The van der Waals surface area contributed by atoms with Crippen molar-refractivity contribution in [3.63, 3.8) is 0 Å². The summed E-state index contributed by atoms with van der Waals surface area (Å²) in [4.78, 5) is 9.33. The molecule has 2 aliphatic rings. The second-order valence-corrected chi connectivity index (χ2v) is 6.09. The first-order chi connectivity index (χ1) is 9.20. The summed E-state index contributed by atoms with van der Waals surface area (Å²) in [6.45, 7) is 6.62. The molecule has 0 bridgehead atoms. The van der Waals surface area contributed by atoms with E-state index in [1.54, 1.807) is 6.07 Å². The topological polar surface area (TPSA) is 45.4 Å². The molecule has 0 aromatic carbocycles. The van der Waals surface area contributed by atoms with Gasteiger partial charge in [0.25, 0.3) is 0 Å². The molecule has 1 saturated heterocycles. The van der Waals surface area contributed by atoms with Crippen molar-refractivity contribution in [2.24, 2.45) is 5.92 Å². The summed E-state index contributed by atoms with van der Waals surface area (Å²) < 4.78 is 0. The lowest BCUT2D eigenvalue weighted by Crippen LogP contribution is -2.46. The molecule has 1 saturated carbocycles. The number of hydrogen-bond acceptors (Lipinski definition) is 4. The number of piperazine rings is 1. The van der Waals surface area contributed by atoms with Crippen LogP contribution < -0.4 is 5.73 Å². The Morgan fingerprint density at radius 1 is 1.16 bits per heavy atom. The molecule has 0 atom stereocenters. The Balaban J connectivity index is 1.52. The Bertz CT molecular complexity index is 439. The number of hydrogen-bond donors (Lipinski definition) is 1. The molecular formula is C14H21ClN4. The minimum Gasteiger partial charge on any atom is -0.384 e. The highest BCUT2D eigenvalue weighted by atomic mass is 35.5. The lowest BCUT2D eigenvalue weighted by atomic mass is 10.2. The van der Waals surface area contributed by atoms with Crippen molar-refractivity contribution in [2.45, 2.75) is 19.4 Å². The van der Waals surface area contributed by atoms with Gasteiger partial charge in [-0.15, -0.1) is 0 Å². The summed E-state index contributed by atoms with van der Waals surface area (Å²) >= 11 is 6.17. The van der Waals surface area contributed by atoms with Gasteiger partial charge >= 0.3 is 0 Å². The van der Waals surface area contributed by atoms with Crippen LogP contribution in [-0.4, -0.2) is 47.5 Å². The second-order valence-electron chi connectivity index (χ2n) is 5.68. The lowest BCUT2D eigenvalue weighted by Gasteiger charge is -2.34. The molecule has 4 nitrogen and oxygen atoms in total. The molecular weight excluding hydrogens is 260 g/mol. The molecule has 2 heterocycles. The van der Waals surface area contributed by atoms with Crippen LogP contribution in [0, 0.1) is 5.92 Å². The van der Waals surface area contributed by atoms with E-state index in [0.29, 0.717) is 5.82 Å². The summed E-state index contributed by atoms with van der Waals surface area (Å²) in [5.41, 5.74) is 6.62. The summed E-state index contributed by atoms with van der Waals surface area (Å²) in [6.07, 6.45) is 2.87. The molecule has 1 aliphatic heterocycles. The van der Waals surface area contributed by atoms with E-state index in [1.165, 1.54) is 19.4 Å². The monoisotopic (exact) mass is 280 g/mol. The van der Waals surface area contributed by atoms with E-state index in [2.05, 4.69) is 14.8 Å². The molecule has 0 spiro atoms. The van der Waals surface area contributed by atoms with E-state index >= 15 is 0 Å². The lowest BCUT2D eigenvalue weighted by molar-refractivity contribution is 0.122. The van der Waals surface area contributed by atoms with E-state index in [1.807, 2.05) is 6.07 Å². The predicted octanol–water partition coefficient (Wildman–Crippen LogP) is 1.84. The van der Waals surface area contributed by atoms with Crippen LogP contribution in [0.4, 0.5) is 5.82 Å². The summed E-state index contributed by atoms with van der Waals surface area (Å²) in [5.74, 6) is 1.53. The molecule has 0 amide bonds. The number of rotatable bonds is 4. The zero-order valence-corrected chi connectivity index (χ0v) is 11.9. The summed E-state index contributed by atoms with van der Waals surface area (Å²) in [5, 5.41) is 0.717. The van der Waals surface area contributed by atoms with Crippen LogP contribution in [0.25, 0.3) is 0 Å². The molecule has 5 heteroatoms. The van der Waals surface area contributed by atoms with Gasteiger partial charge in [-0.05, 0) is 30.9 Å². The molecule has 19 heavy (non-hydrogen) atoms. The molecule has 2 N–H and O–H groups in total. The fraction of sp³-hybridized carbons (Fsp3) is 0.643. The van der Waals surface area contributed by atoms with Gasteiger partial charge in [0.05, 0.1) is 10.7 Å². The Morgan fingerprint density at radius 2 is 1.84 bits per heavy atom. The highest BCUT2D eigenvalue weighted by Crippen LogP contribution is 2.30. The molecule has 1 aromatic heterocycles. The van der Waals surface area contributed by atoms with Crippen LogP contribution in [0.5, 0.6) is 0 Å². The maximum absolute atomic E-state index is 6.17. The Kier molecular flexibility index (Phi) is 3.91. The van der Waals surface area contributed by atoms with Crippen LogP contribution in [0.1, 0.15) is 18.5 Å². The Hall–Kier alpha value is -0.840. The van der Waals surface area contributed by atoms with Gasteiger partial charge < -0.3 is 10.6 Å². The van der Waals surface area contributed by atoms with Crippen LogP contribution >= 0.6 is 11.6 Å². The second kappa shape index (κ2) is 5.65. The highest BCUT2D eigenvalue weighted by Gasteiger charge is 2.26. The molecule has 3 rings (SSSR count). The third-order valence-electron chi connectivity index (χ3n) is 3.99. The first-order valence-electron chi connectivity index (χ1n) is 7.06. The largest absolute Gasteiger partial charge is 0.384 e. The van der Waals surface area contributed by atoms with Gasteiger partial charge in [-0.2, -0.15) is 0 Å². The standard InChI is InChI=1S/C14H21ClN4/c15-12-3-4-14(16)17-13(12)10-19-7-5-18(6-8-19)9-11-1-2-11/h3-4,11H,1-2,5-10H2,(H2,16,17). The Morgan fingerprint density at radius 3 is 2.53 bits per heavy atom. The SMILES string of the molecule is Nc1ccc(Cl)c(CN2CCN(CC3CC3)CC2)n1. The van der Waals surface area contributed by atoms with Gasteiger partial charge in [-0.25, -0.2) is 4.98 Å². The zero-order valence-electron chi connectivity index (χ0n) is 11.2. The molecule has 0 radical (unpaired) electrons. The van der Waals surface area contributed by atoms with Crippen molar-refractivity contribution >= 4 is 17.4 Å². The van der Waals surface area contributed by atoms with Crippen molar-refractivity contribution < 1.29 is 0 Å². The molecule has 1 aromatic rings. The van der Waals surface area contributed by atoms with E-state index in [4.69, 9.17) is 17.3 Å². The molecule has 0 unspecified atom stereocenters. The summed E-state index contributed by atoms with van der Waals surface area (Å²) in [7, 11) is 0. The third-order valence-corrected chi connectivity index (χ3v) is 4.34. The highest BCUT2D eigenvalue weighted by molar-refractivity contribution is 6.31. The van der Waals surface area contributed by atoms with Crippen molar-refractivity contribution in [3.8, 4) is 0 Å². The van der Waals surface area contributed by atoms with Crippen LogP contribution in [0.3, 0.4) is 0 Å². The number of anilines is 1. The quantitative estimate of drug-likeness (QED) is 0.914. The fourth-order valence-corrected chi connectivity index (χ4v) is 2.78. The first-order valence-corrected chi connectivity index (χ1v) is 7.44. The maximum Gasteiger partial charge on any atom is 0.123 e. The molecule has 2 fully saturated rings. The minimum atomic E-state index is 0.548. The van der Waals surface area contributed by atoms with E-state index in [0.717, 1.165) is 49.4 Å². The van der Waals surface area contributed by atoms with Crippen LogP contribution in [0.2, 0.25) is 5.02 Å². The number of nitrogen functional groups attached to an aromatic ring is 1. The molecule has 1 aliphatic carbocycles. The van der Waals surface area contributed by atoms with Gasteiger partial charge in [0.15, 0.2) is 0 Å². The van der Waals surface area contributed by atoms with E-state index < -0.39 is 0 Å². The predicted molar refractivity (Wildman–Crippen MR) is 78.1 cm³/mol. The van der Waals surface area contributed by atoms with Crippen LogP contribution in [0.15, 0.2) is 12.1 Å². The smallest absolute Gasteiger partial charge is 0.123 e. The van der Waals surface area contributed by atoms with E-state index in [9.17, 15) is 0 Å². The van der Waals surface area contributed by atoms with Crippen molar-refractivity contribution in [1.29, 1.82) is 0 Å². The van der Waals surface area contributed by atoms with Crippen molar-refractivity contribution in [1.82, 2.24) is 14.8 Å². The number of pyridine rings is 1. The molecule has 104 valence electrons. The minimum absolute atomic E-state index is 0.548. The van der Waals surface area contributed by atoms with Gasteiger partial charge in [0.1, 0.15) is 5.82 Å². The first kappa shape index (κ1) is 13.2.